The zero-order chi connectivity index (χ0) is 17.5. The molecule has 1 aliphatic heterocycles. The van der Waals surface area contributed by atoms with E-state index in [1.54, 1.807) is 18.2 Å². The van der Waals surface area contributed by atoms with Gasteiger partial charge in [-0.25, -0.2) is 4.79 Å². The highest BCUT2D eigenvalue weighted by Gasteiger charge is 2.70. The summed E-state index contributed by atoms with van der Waals surface area (Å²) < 4.78 is 5.20. The highest BCUT2D eigenvalue weighted by molar-refractivity contribution is 6.16. The lowest BCUT2D eigenvalue weighted by molar-refractivity contribution is -0.147. The molecule has 0 aromatic heterocycles. The van der Waals surface area contributed by atoms with Crippen molar-refractivity contribution in [3.8, 4) is 0 Å². The SMILES string of the molecule is CCCCCOC(=O)C1=C(C)N[C@]2(O)c3ccccc3C(=O)[C@]12O. The summed E-state index contributed by atoms with van der Waals surface area (Å²) in [6.45, 7) is 3.78. The van der Waals surface area contributed by atoms with Crippen molar-refractivity contribution >= 4 is 11.8 Å². The van der Waals surface area contributed by atoms with Crippen molar-refractivity contribution < 1.29 is 24.5 Å². The van der Waals surface area contributed by atoms with Gasteiger partial charge in [0.2, 0.25) is 17.1 Å². The van der Waals surface area contributed by atoms with E-state index in [9.17, 15) is 19.8 Å². The van der Waals surface area contributed by atoms with E-state index >= 15 is 0 Å². The molecule has 24 heavy (non-hydrogen) atoms. The predicted octanol–water partition coefficient (Wildman–Crippen LogP) is 1.37. The standard InChI is InChI=1S/C18H21NO5/c1-3-4-7-10-24-16(21)14-11(2)19-18(23)13-9-6-5-8-12(13)15(20)17(14,18)22/h5-6,8-9,19,22-23H,3-4,7,10H2,1-2H3/t17-,18+/m1/s1. The van der Waals surface area contributed by atoms with Crippen LogP contribution in [-0.2, 0) is 15.3 Å². The molecule has 6 heteroatoms. The number of hydrogen-bond acceptors (Lipinski definition) is 6. The van der Waals surface area contributed by atoms with E-state index in [0.29, 0.717) is 6.42 Å². The topological polar surface area (TPSA) is 95.9 Å². The molecule has 0 amide bonds. The number of allylic oxidation sites excluding steroid dienone is 1. The van der Waals surface area contributed by atoms with Crippen LogP contribution in [0.5, 0.6) is 0 Å². The second-order valence-electron chi connectivity index (χ2n) is 6.26. The second kappa shape index (κ2) is 5.72. The number of nitrogens with one attached hydrogen (secondary N) is 1. The number of unbranched alkanes of at least 4 members (excludes halogenated alkanes) is 2. The first kappa shape index (κ1) is 16.7. The van der Waals surface area contributed by atoms with Crippen molar-refractivity contribution in [3.63, 3.8) is 0 Å². The zero-order valence-electron chi connectivity index (χ0n) is 13.8. The summed E-state index contributed by atoms with van der Waals surface area (Å²) in [6.07, 6.45) is 2.61. The Balaban J connectivity index is 1.95. The Bertz CT molecular complexity index is 741. The lowest BCUT2D eigenvalue weighted by Crippen LogP contribution is -2.56. The first-order chi connectivity index (χ1) is 11.4. The van der Waals surface area contributed by atoms with E-state index < -0.39 is 23.1 Å². The van der Waals surface area contributed by atoms with E-state index in [2.05, 4.69) is 5.32 Å². The van der Waals surface area contributed by atoms with Gasteiger partial charge in [-0.3, -0.25) is 4.79 Å². The van der Waals surface area contributed by atoms with Crippen LogP contribution in [0.25, 0.3) is 0 Å². The maximum atomic E-state index is 12.7. The number of carbonyl (C=O) groups excluding carboxylic acids is 2. The summed E-state index contributed by atoms with van der Waals surface area (Å²) in [5.74, 6) is -1.49. The van der Waals surface area contributed by atoms with Gasteiger partial charge in [-0.05, 0) is 13.3 Å². The number of rotatable bonds is 5. The van der Waals surface area contributed by atoms with Crippen LogP contribution in [0.2, 0.25) is 0 Å². The van der Waals surface area contributed by atoms with Gasteiger partial charge in [0, 0.05) is 16.8 Å². The van der Waals surface area contributed by atoms with Crippen LogP contribution in [0.4, 0.5) is 0 Å². The highest BCUT2D eigenvalue weighted by Crippen LogP contribution is 2.51. The molecule has 128 valence electrons. The fourth-order valence-corrected chi connectivity index (χ4v) is 3.50. The summed E-state index contributed by atoms with van der Waals surface area (Å²) in [7, 11) is 0. The summed E-state index contributed by atoms with van der Waals surface area (Å²) in [6, 6.07) is 6.38. The van der Waals surface area contributed by atoms with Crippen LogP contribution in [0.15, 0.2) is 35.5 Å². The minimum absolute atomic E-state index is 0.193. The third-order valence-electron chi connectivity index (χ3n) is 4.70. The Labute approximate surface area is 140 Å². The number of fused-ring (bicyclic) bond motifs is 3. The molecule has 1 aromatic rings. The largest absolute Gasteiger partial charge is 0.462 e. The number of aliphatic hydroxyl groups is 2. The van der Waals surface area contributed by atoms with Gasteiger partial charge in [-0.15, -0.1) is 0 Å². The lowest BCUT2D eigenvalue weighted by Gasteiger charge is -2.31. The molecule has 3 N–H and O–H groups in total. The molecule has 1 heterocycles. The molecule has 3 rings (SSSR count). The average molecular weight is 331 g/mol. The molecule has 1 aliphatic carbocycles. The average Bonchev–Trinajstić information content (AvgIpc) is 2.87. The Hall–Kier alpha value is -2.18. The first-order valence-corrected chi connectivity index (χ1v) is 8.13. The second-order valence-corrected chi connectivity index (χ2v) is 6.26. The van der Waals surface area contributed by atoms with Gasteiger partial charge in [-0.1, -0.05) is 44.0 Å². The van der Waals surface area contributed by atoms with E-state index in [1.165, 1.54) is 13.0 Å². The van der Waals surface area contributed by atoms with Crippen molar-refractivity contribution in [1.82, 2.24) is 5.32 Å². The molecule has 6 nitrogen and oxygen atoms in total. The number of ketones is 1. The molecule has 0 saturated carbocycles. The monoisotopic (exact) mass is 331 g/mol. The third kappa shape index (κ3) is 2.03. The van der Waals surface area contributed by atoms with Crippen molar-refractivity contribution in [2.45, 2.75) is 44.4 Å². The van der Waals surface area contributed by atoms with Crippen LogP contribution in [0.3, 0.4) is 0 Å². The zero-order valence-corrected chi connectivity index (χ0v) is 13.8. The summed E-state index contributed by atoms with van der Waals surface area (Å²) in [5.41, 5.74) is -3.96. The minimum Gasteiger partial charge on any atom is -0.462 e. The molecule has 0 fully saturated rings. The van der Waals surface area contributed by atoms with Crippen molar-refractivity contribution in [2.24, 2.45) is 0 Å². The minimum atomic E-state index is -2.37. The quantitative estimate of drug-likeness (QED) is 0.557. The number of carbonyl (C=O) groups is 2. The Kier molecular flexibility index (Phi) is 3.97. The van der Waals surface area contributed by atoms with Gasteiger partial charge in [0.1, 0.15) is 5.57 Å². The number of ether oxygens (including phenoxy) is 1. The lowest BCUT2D eigenvalue weighted by atomic mass is 9.85. The van der Waals surface area contributed by atoms with E-state index in [0.717, 1.165) is 12.8 Å². The molecule has 0 spiro atoms. The molecule has 0 unspecified atom stereocenters. The van der Waals surface area contributed by atoms with Gasteiger partial charge in [0.15, 0.2) is 0 Å². The smallest absolute Gasteiger partial charge is 0.339 e. The van der Waals surface area contributed by atoms with E-state index in [-0.39, 0.29) is 29.0 Å². The Morgan fingerprint density at radius 2 is 1.96 bits per heavy atom. The molecule has 0 saturated heterocycles. The predicted molar refractivity (Wildman–Crippen MR) is 85.9 cm³/mol. The first-order valence-electron chi connectivity index (χ1n) is 8.13. The fourth-order valence-electron chi connectivity index (χ4n) is 3.50. The van der Waals surface area contributed by atoms with Crippen LogP contribution in [0.1, 0.15) is 49.0 Å². The molecule has 1 aromatic carbocycles. The molecule has 0 radical (unpaired) electrons. The van der Waals surface area contributed by atoms with Crippen LogP contribution < -0.4 is 5.32 Å². The Morgan fingerprint density at radius 1 is 1.25 bits per heavy atom. The van der Waals surface area contributed by atoms with Crippen molar-refractivity contribution in [1.29, 1.82) is 0 Å². The molecular formula is C18H21NO5. The number of esters is 1. The molecule has 2 aliphatic rings. The van der Waals surface area contributed by atoms with Crippen molar-refractivity contribution in [2.75, 3.05) is 6.61 Å². The molecule has 2 atom stereocenters. The van der Waals surface area contributed by atoms with Crippen LogP contribution >= 0.6 is 0 Å². The normalized spacial score (nSPS) is 27.8. The number of benzene rings is 1. The summed E-state index contributed by atoms with van der Waals surface area (Å²) in [5, 5.41) is 24.8. The maximum Gasteiger partial charge on any atom is 0.339 e. The van der Waals surface area contributed by atoms with Gasteiger partial charge >= 0.3 is 5.97 Å². The van der Waals surface area contributed by atoms with Gasteiger partial charge in [0.05, 0.1) is 6.61 Å². The molecular weight excluding hydrogens is 310 g/mol. The van der Waals surface area contributed by atoms with E-state index in [4.69, 9.17) is 4.74 Å². The van der Waals surface area contributed by atoms with Gasteiger partial charge < -0.3 is 20.3 Å². The molecule has 0 bridgehead atoms. The van der Waals surface area contributed by atoms with Crippen LogP contribution in [0, 0.1) is 0 Å². The Morgan fingerprint density at radius 3 is 2.67 bits per heavy atom. The van der Waals surface area contributed by atoms with E-state index in [1.807, 2.05) is 6.92 Å². The van der Waals surface area contributed by atoms with Crippen LogP contribution in [-0.4, -0.2) is 34.2 Å². The highest BCUT2D eigenvalue weighted by atomic mass is 16.5. The summed E-state index contributed by atoms with van der Waals surface area (Å²) in [4.78, 5) is 25.2. The van der Waals surface area contributed by atoms with Gasteiger partial charge in [0.25, 0.3) is 0 Å². The van der Waals surface area contributed by atoms with Crippen molar-refractivity contribution in [3.05, 3.63) is 46.7 Å². The van der Waals surface area contributed by atoms with Gasteiger partial charge in [-0.2, -0.15) is 0 Å². The number of hydrogen-bond donors (Lipinski definition) is 3. The number of Topliss-reactive ketones (excluding diaryl/α,β-unsaturated/α-hetero) is 1. The maximum absolute atomic E-state index is 12.7. The third-order valence-corrected chi connectivity index (χ3v) is 4.70. The fraction of sp³-hybridized carbons (Fsp3) is 0.444. The summed E-state index contributed by atoms with van der Waals surface area (Å²) >= 11 is 0.